The van der Waals surface area contributed by atoms with E-state index in [0.717, 1.165) is 141 Å². The number of ether oxygens (including phenoxy) is 6. The van der Waals surface area contributed by atoms with Crippen LogP contribution in [0.4, 0.5) is 0 Å². The van der Waals surface area contributed by atoms with Gasteiger partial charge in [-0.05, 0) is 103 Å². The summed E-state index contributed by atoms with van der Waals surface area (Å²) in [5.74, 6) is 2.59. The number of carbonyl (C=O) groups is 3. The number of quaternary nitrogens is 2. The summed E-state index contributed by atoms with van der Waals surface area (Å²) < 4.78 is 40.3. The van der Waals surface area contributed by atoms with Crippen LogP contribution in [0.2, 0.25) is 0 Å². The monoisotopic (exact) mass is 1080 g/mol. The van der Waals surface area contributed by atoms with Crippen LogP contribution in [0.25, 0.3) is 0 Å². The van der Waals surface area contributed by atoms with Crippen LogP contribution in [0.15, 0.2) is 60.7 Å². The van der Waals surface area contributed by atoms with Crippen molar-refractivity contribution in [2.45, 2.75) is 186 Å². The molecular weight excluding hydrogens is 985 g/mol. The average Bonchev–Trinajstić information content (AvgIpc) is 3.56. The molecular formula is C65H92N2O11+2. The van der Waals surface area contributed by atoms with Crippen molar-refractivity contribution in [2.24, 2.45) is 0 Å². The van der Waals surface area contributed by atoms with Gasteiger partial charge in [-0.25, -0.2) is 0 Å². The molecule has 0 spiro atoms. The molecule has 78 heavy (non-hydrogen) atoms. The first-order chi connectivity index (χ1) is 37.7. The molecule has 4 aromatic rings. The number of hydrogen-bond donors (Lipinski definition) is 2. The minimum Gasteiger partial charge on any atom is -0.493 e. The number of nitrogens with zero attached hydrogens (tertiary/aromatic N) is 2. The highest BCUT2D eigenvalue weighted by atomic mass is 16.6. The van der Waals surface area contributed by atoms with Gasteiger partial charge in [-0.1, -0.05) is 108 Å². The molecule has 4 aromatic carbocycles. The summed E-state index contributed by atoms with van der Waals surface area (Å²) in [6.07, 6.45) is 25.8. The molecule has 4 atom stereocenters. The average molecular weight is 1080 g/mol. The molecule has 4 aliphatic rings. The van der Waals surface area contributed by atoms with E-state index in [-0.39, 0.29) is 30.7 Å². The Morgan fingerprint density at radius 1 is 0.526 bits per heavy atom. The second-order valence-corrected chi connectivity index (χ2v) is 23.1. The van der Waals surface area contributed by atoms with Crippen LogP contribution in [0, 0.1) is 0 Å². The molecule has 0 amide bonds. The van der Waals surface area contributed by atoms with Crippen LogP contribution in [-0.2, 0) is 40.1 Å². The second kappa shape index (κ2) is 29.4. The molecule has 8 rings (SSSR count). The topological polar surface area (TPSA) is 147 Å². The van der Waals surface area contributed by atoms with E-state index in [2.05, 4.69) is 68.7 Å². The predicted octanol–water partition coefficient (Wildman–Crippen LogP) is 14.9. The Bertz CT molecular complexity index is 2600. The molecule has 6 bridgehead atoms. The molecule has 0 aliphatic carbocycles. The summed E-state index contributed by atoms with van der Waals surface area (Å²) in [6, 6.07) is 21.3. The molecule has 0 aromatic heterocycles. The first-order valence-corrected chi connectivity index (χ1v) is 29.6. The van der Waals surface area contributed by atoms with E-state index in [1.807, 2.05) is 6.07 Å². The molecule has 13 heteroatoms. The van der Waals surface area contributed by atoms with Crippen LogP contribution in [0.3, 0.4) is 0 Å². The molecule has 0 radical (unpaired) electrons. The number of benzene rings is 4. The number of esters is 1. The van der Waals surface area contributed by atoms with E-state index in [0.29, 0.717) is 40.9 Å². The smallest absolute Gasteiger partial charge is 0.308 e. The van der Waals surface area contributed by atoms with E-state index in [1.54, 1.807) is 21.3 Å². The molecule has 0 fully saturated rings. The fourth-order valence-corrected chi connectivity index (χ4v) is 12.7. The van der Waals surface area contributed by atoms with E-state index in [4.69, 9.17) is 38.6 Å². The number of hydrogen-bond acceptors (Lipinski definition) is 9. The fourth-order valence-electron chi connectivity index (χ4n) is 12.7. The first kappa shape index (κ1) is 59.9. The predicted molar refractivity (Wildman–Crippen MR) is 306 cm³/mol. The number of unbranched alkanes of at least 4 members (excludes halogenated alkanes) is 18. The lowest BCUT2D eigenvalue weighted by Gasteiger charge is -2.47. The quantitative estimate of drug-likeness (QED) is 0.0223. The summed E-state index contributed by atoms with van der Waals surface area (Å²) in [7, 11) is 9.82. The number of carboxylic acid groups (broad SMARTS) is 2. The lowest BCUT2D eigenvalue weighted by Crippen LogP contribution is -2.52. The van der Waals surface area contributed by atoms with Crippen LogP contribution in [-0.4, -0.2) is 98.7 Å². The normalized spacial score (nSPS) is 19.4. The zero-order chi connectivity index (χ0) is 55.5. The third-order valence-electron chi connectivity index (χ3n) is 17.3. The number of carbonyl (C=O) groups excluding carboxylic acids is 1. The van der Waals surface area contributed by atoms with Gasteiger partial charge in [0.25, 0.3) is 0 Å². The lowest BCUT2D eigenvalue weighted by atomic mass is 9.84. The maximum Gasteiger partial charge on any atom is 0.308 e. The number of fused-ring (bicyclic) bond motifs is 2. The molecule has 426 valence electrons. The number of aliphatic carboxylic acids is 2. The van der Waals surface area contributed by atoms with E-state index in [1.165, 1.54) is 87.8 Å². The van der Waals surface area contributed by atoms with Crippen molar-refractivity contribution in [3.8, 4) is 46.0 Å². The van der Waals surface area contributed by atoms with Gasteiger partial charge >= 0.3 is 17.9 Å². The minimum absolute atomic E-state index is 0.112. The van der Waals surface area contributed by atoms with Crippen LogP contribution >= 0.6 is 0 Å². The number of likely N-dealkylation sites (N-methyl/N-ethyl adjacent to an activating group) is 2. The number of methoxy groups -OCH3 is 3. The number of carboxylic acids is 2. The van der Waals surface area contributed by atoms with Crippen molar-refractivity contribution in [3.63, 3.8) is 0 Å². The maximum atomic E-state index is 13.2. The van der Waals surface area contributed by atoms with Gasteiger partial charge in [0.15, 0.2) is 34.5 Å². The zero-order valence-corrected chi connectivity index (χ0v) is 48.1. The maximum absolute atomic E-state index is 13.2. The van der Waals surface area contributed by atoms with Crippen molar-refractivity contribution in [3.05, 3.63) is 94.0 Å². The molecule has 4 aliphatic heterocycles. The highest BCUT2D eigenvalue weighted by molar-refractivity contribution is 5.74. The highest BCUT2D eigenvalue weighted by Gasteiger charge is 2.45. The molecule has 4 unspecified atom stereocenters. The van der Waals surface area contributed by atoms with Gasteiger partial charge in [0, 0.05) is 51.0 Å². The summed E-state index contributed by atoms with van der Waals surface area (Å²) in [5.41, 5.74) is 6.90. The Morgan fingerprint density at radius 3 is 1.51 bits per heavy atom. The largest absolute Gasteiger partial charge is 0.493 e. The van der Waals surface area contributed by atoms with Crippen LogP contribution in [0.1, 0.15) is 194 Å². The Kier molecular flexibility index (Phi) is 22.6. The van der Waals surface area contributed by atoms with Gasteiger partial charge in [-0.15, -0.1) is 0 Å². The van der Waals surface area contributed by atoms with Crippen LogP contribution < -0.4 is 28.4 Å². The number of rotatable bonds is 30. The Morgan fingerprint density at radius 2 is 0.987 bits per heavy atom. The highest BCUT2D eigenvalue weighted by Crippen LogP contribution is 2.54. The standard InChI is InChI=1S/C65H90N2O11/c1-47(68)76-64-60(75-6)45-51-36-40-67(3,38-26-22-18-14-10-8-12-16-20-24-28-62(71)72)55-42-49-31-34-56(73-4)58(43-49)77-52-32-29-48(30-33-52)41-54-53-46-59(78-65(64)63(51)55)57(74-5)44-50(53)35-39-66(54,2)37-25-21-17-13-9-7-11-15-19-23-27-61(69)70/h29-34,43-46,54-55H,7-28,35-42H2,1-6H3/p+2. The van der Waals surface area contributed by atoms with Crippen molar-refractivity contribution >= 4 is 17.9 Å². The van der Waals surface area contributed by atoms with Crippen molar-refractivity contribution in [1.29, 1.82) is 0 Å². The van der Waals surface area contributed by atoms with Gasteiger partial charge in [-0.2, -0.15) is 0 Å². The van der Waals surface area contributed by atoms with Crippen molar-refractivity contribution < 1.29 is 62.0 Å². The van der Waals surface area contributed by atoms with Gasteiger partial charge in [0.05, 0.1) is 67.2 Å². The van der Waals surface area contributed by atoms with E-state index >= 15 is 0 Å². The molecule has 0 saturated heterocycles. The van der Waals surface area contributed by atoms with Gasteiger partial charge in [0.2, 0.25) is 5.75 Å². The first-order valence-electron chi connectivity index (χ1n) is 29.6. The zero-order valence-electron chi connectivity index (χ0n) is 48.1. The molecule has 4 heterocycles. The van der Waals surface area contributed by atoms with E-state index < -0.39 is 17.9 Å². The lowest BCUT2D eigenvalue weighted by molar-refractivity contribution is -0.941. The van der Waals surface area contributed by atoms with Crippen LogP contribution in [0.5, 0.6) is 46.0 Å². The minimum atomic E-state index is -0.707. The Hall–Kier alpha value is -5.79. The molecule has 13 nitrogen and oxygen atoms in total. The fraction of sp³-hybridized carbons (Fsp3) is 0.585. The van der Waals surface area contributed by atoms with Gasteiger partial charge in [-0.3, -0.25) is 14.4 Å². The van der Waals surface area contributed by atoms with Crippen molar-refractivity contribution in [1.82, 2.24) is 0 Å². The second-order valence-electron chi connectivity index (χ2n) is 23.1. The van der Waals surface area contributed by atoms with Gasteiger partial charge in [0.1, 0.15) is 17.8 Å². The Labute approximate surface area is 465 Å². The van der Waals surface area contributed by atoms with E-state index in [9.17, 15) is 14.4 Å². The summed E-state index contributed by atoms with van der Waals surface area (Å²) >= 11 is 0. The molecule has 2 N–H and O–H groups in total. The third-order valence-corrected chi connectivity index (χ3v) is 17.3. The SMILES string of the molecule is COc1ccc2cc1Oc1ccc(cc1)CC1c3cc(c(OC)cc3CC[N+]1(C)CCCCCCCCCCCCC(=O)O)Oc1c(OC(C)=O)c(OC)cc3c1C(C2)[N+](C)(CCCCCCCCCCCCC(=O)O)CC3. The summed E-state index contributed by atoms with van der Waals surface area (Å²) in [5, 5.41) is 17.9. The summed E-state index contributed by atoms with van der Waals surface area (Å²) in [4.78, 5) is 35.0. The summed E-state index contributed by atoms with van der Waals surface area (Å²) in [6.45, 7) is 5.32. The van der Waals surface area contributed by atoms with Gasteiger partial charge < -0.3 is 47.6 Å². The molecule has 0 saturated carbocycles. The third kappa shape index (κ3) is 16.4. The Balaban J connectivity index is 1.21. The van der Waals surface area contributed by atoms with Crippen molar-refractivity contribution in [2.75, 3.05) is 61.6 Å².